The summed E-state index contributed by atoms with van der Waals surface area (Å²) in [5, 5.41) is 0. The van der Waals surface area contributed by atoms with Gasteiger partial charge in [0.2, 0.25) is 0 Å². The SMILES string of the molecule is CC(C)c1ccc2c(c1)C(N1CCN(C(C)C)CC1)Cc1ccc(F)cc1S2. The molecule has 28 heavy (non-hydrogen) atoms. The number of halogens is 1. The maximum atomic E-state index is 13.9. The molecule has 4 heteroatoms. The third kappa shape index (κ3) is 4.00. The molecule has 2 heterocycles. The van der Waals surface area contributed by atoms with Crippen LogP contribution in [0.2, 0.25) is 0 Å². The van der Waals surface area contributed by atoms with Gasteiger partial charge in [0.1, 0.15) is 5.82 Å². The van der Waals surface area contributed by atoms with Crippen LogP contribution in [0.5, 0.6) is 0 Å². The molecule has 0 aliphatic carbocycles. The maximum absolute atomic E-state index is 13.9. The predicted octanol–water partition coefficient (Wildman–Crippen LogP) is 5.72. The maximum Gasteiger partial charge on any atom is 0.124 e. The minimum absolute atomic E-state index is 0.143. The Morgan fingerprint density at radius 3 is 2.36 bits per heavy atom. The van der Waals surface area contributed by atoms with Gasteiger partial charge in [-0.15, -0.1) is 0 Å². The molecule has 150 valence electrons. The van der Waals surface area contributed by atoms with Crippen LogP contribution in [0.3, 0.4) is 0 Å². The van der Waals surface area contributed by atoms with Crippen molar-refractivity contribution in [1.82, 2.24) is 9.80 Å². The van der Waals surface area contributed by atoms with Crippen LogP contribution < -0.4 is 0 Å². The zero-order valence-corrected chi connectivity index (χ0v) is 18.2. The largest absolute Gasteiger partial charge is 0.298 e. The lowest BCUT2D eigenvalue weighted by Crippen LogP contribution is -2.50. The van der Waals surface area contributed by atoms with Crippen molar-refractivity contribution in [2.24, 2.45) is 0 Å². The van der Waals surface area contributed by atoms with Gasteiger partial charge in [-0.2, -0.15) is 0 Å². The van der Waals surface area contributed by atoms with Crippen molar-refractivity contribution in [2.45, 2.75) is 61.9 Å². The van der Waals surface area contributed by atoms with Gasteiger partial charge >= 0.3 is 0 Å². The molecular weight excluding hydrogens is 367 g/mol. The molecule has 2 aliphatic rings. The van der Waals surface area contributed by atoms with Gasteiger partial charge in [-0.3, -0.25) is 9.80 Å². The molecule has 0 saturated carbocycles. The van der Waals surface area contributed by atoms with Crippen LogP contribution in [0.25, 0.3) is 0 Å². The summed E-state index contributed by atoms with van der Waals surface area (Å²) < 4.78 is 13.9. The van der Waals surface area contributed by atoms with Crippen molar-refractivity contribution in [2.75, 3.05) is 26.2 Å². The zero-order valence-electron chi connectivity index (χ0n) is 17.4. The minimum Gasteiger partial charge on any atom is -0.298 e. The van der Waals surface area contributed by atoms with Gasteiger partial charge in [0.25, 0.3) is 0 Å². The van der Waals surface area contributed by atoms with Gasteiger partial charge in [-0.1, -0.05) is 43.8 Å². The first-order valence-electron chi connectivity index (χ1n) is 10.5. The Balaban J connectivity index is 1.72. The summed E-state index contributed by atoms with van der Waals surface area (Å²) in [5.41, 5.74) is 4.08. The molecule has 0 spiro atoms. The molecule has 0 amide bonds. The molecule has 2 aliphatic heterocycles. The average Bonchev–Trinajstić information content (AvgIpc) is 2.83. The smallest absolute Gasteiger partial charge is 0.124 e. The van der Waals surface area contributed by atoms with Crippen molar-refractivity contribution >= 4 is 11.8 Å². The number of nitrogens with zero attached hydrogens (tertiary/aromatic N) is 2. The third-order valence-electron chi connectivity index (χ3n) is 6.24. The first-order chi connectivity index (χ1) is 13.4. The van der Waals surface area contributed by atoms with Crippen molar-refractivity contribution in [3.05, 3.63) is 58.9 Å². The second kappa shape index (κ2) is 8.17. The van der Waals surface area contributed by atoms with E-state index in [0.29, 0.717) is 18.0 Å². The monoisotopic (exact) mass is 398 g/mol. The summed E-state index contributed by atoms with van der Waals surface area (Å²) in [6.45, 7) is 13.5. The molecule has 0 bridgehead atoms. The number of hydrogen-bond donors (Lipinski definition) is 0. The van der Waals surface area contributed by atoms with Crippen molar-refractivity contribution in [1.29, 1.82) is 0 Å². The van der Waals surface area contributed by atoms with Crippen LogP contribution in [0.1, 0.15) is 56.3 Å². The van der Waals surface area contributed by atoms with Gasteiger partial charge in [0, 0.05) is 48.1 Å². The molecule has 0 N–H and O–H groups in total. The quantitative estimate of drug-likeness (QED) is 0.652. The van der Waals surface area contributed by atoms with E-state index in [1.165, 1.54) is 21.6 Å². The zero-order chi connectivity index (χ0) is 19.8. The normalized spacial score (nSPS) is 20.9. The van der Waals surface area contributed by atoms with E-state index in [4.69, 9.17) is 0 Å². The standard InChI is InChI=1S/C24H31FN2S/c1-16(2)18-6-8-23-21(13-18)22(27-11-9-26(10-12-27)17(3)4)14-19-5-7-20(25)15-24(19)28-23/h5-8,13,15-17,22H,9-12,14H2,1-4H3. The Kier molecular flexibility index (Phi) is 5.82. The van der Waals surface area contributed by atoms with E-state index in [9.17, 15) is 4.39 Å². The van der Waals surface area contributed by atoms with Crippen molar-refractivity contribution in [3.8, 4) is 0 Å². The molecule has 1 fully saturated rings. The van der Waals surface area contributed by atoms with Crippen LogP contribution in [0.4, 0.5) is 4.39 Å². The van der Waals surface area contributed by atoms with Crippen LogP contribution in [-0.2, 0) is 6.42 Å². The summed E-state index contributed by atoms with van der Waals surface area (Å²) in [6.07, 6.45) is 0.957. The van der Waals surface area contributed by atoms with Gasteiger partial charge in [0.15, 0.2) is 0 Å². The Morgan fingerprint density at radius 1 is 0.929 bits per heavy atom. The van der Waals surface area contributed by atoms with Crippen LogP contribution in [-0.4, -0.2) is 42.0 Å². The molecule has 4 rings (SSSR count). The van der Waals surface area contributed by atoms with Gasteiger partial charge in [0.05, 0.1) is 0 Å². The van der Waals surface area contributed by atoms with Crippen LogP contribution >= 0.6 is 11.8 Å². The van der Waals surface area contributed by atoms with E-state index in [1.807, 2.05) is 6.07 Å². The van der Waals surface area contributed by atoms with Crippen LogP contribution in [0, 0.1) is 5.82 Å². The Hall–Kier alpha value is -1.36. The fraction of sp³-hybridized carbons (Fsp3) is 0.500. The molecule has 2 nitrogen and oxygen atoms in total. The summed E-state index contributed by atoms with van der Waals surface area (Å²) >= 11 is 1.73. The fourth-order valence-corrected chi connectivity index (χ4v) is 5.54. The molecule has 2 aromatic carbocycles. The highest BCUT2D eigenvalue weighted by molar-refractivity contribution is 7.99. The Morgan fingerprint density at radius 2 is 1.68 bits per heavy atom. The van der Waals surface area contributed by atoms with Crippen LogP contribution in [0.15, 0.2) is 46.2 Å². The lowest BCUT2D eigenvalue weighted by molar-refractivity contribution is 0.0768. The number of fused-ring (bicyclic) bond motifs is 2. The minimum atomic E-state index is -0.143. The van der Waals surface area contributed by atoms with E-state index >= 15 is 0 Å². The first-order valence-corrected chi connectivity index (χ1v) is 11.3. The Labute approximate surface area is 173 Å². The summed E-state index contributed by atoms with van der Waals surface area (Å²) in [7, 11) is 0. The van der Waals surface area contributed by atoms with E-state index in [2.05, 4.69) is 55.7 Å². The highest BCUT2D eigenvalue weighted by atomic mass is 32.2. The summed E-state index contributed by atoms with van der Waals surface area (Å²) in [4.78, 5) is 7.57. The number of hydrogen-bond acceptors (Lipinski definition) is 3. The van der Waals surface area contributed by atoms with Crippen molar-refractivity contribution in [3.63, 3.8) is 0 Å². The lowest BCUT2D eigenvalue weighted by atomic mass is 9.93. The van der Waals surface area contributed by atoms with Crippen molar-refractivity contribution < 1.29 is 4.39 Å². The van der Waals surface area contributed by atoms with Gasteiger partial charge < -0.3 is 0 Å². The molecule has 0 aromatic heterocycles. The number of benzene rings is 2. The molecule has 0 radical (unpaired) electrons. The van der Waals surface area contributed by atoms with Gasteiger partial charge in [-0.25, -0.2) is 4.39 Å². The molecule has 1 unspecified atom stereocenters. The first kappa shape index (κ1) is 19.9. The summed E-state index contributed by atoms with van der Waals surface area (Å²) in [6, 6.07) is 13.2. The second-order valence-corrected chi connectivity index (χ2v) is 9.78. The molecule has 1 saturated heterocycles. The second-order valence-electron chi connectivity index (χ2n) is 8.69. The van der Waals surface area contributed by atoms with E-state index < -0.39 is 0 Å². The van der Waals surface area contributed by atoms with E-state index in [0.717, 1.165) is 37.5 Å². The van der Waals surface area contributed by atoms with E-state index in [-0.39, 0.29) is 5.82 Å². The molecule has 2 aromatic rings. The number of rotatable bonds is 3. The molecule has 1 atom stereocenters. The third-order valence-corrected chi connectivity index (χ3v) is 7.43. The van der Waals surface area contributed by atoms with Gasteiger partial charge in [-0.05, 0) is 61.1 Å². The lowest BCUT2D eigenvalue weighted by Gasteiger charge is -2.41. The fourth-order valence-electron chi connectivity index (χ4n) is 4.40. The number of piperazine rings is 1. The Bertz CT molecular complexity index is 840. The topological polar surface area (TPSA) is 6.48 Å². The average molecular weight is 399 g/mol. The highest BCUT2D eigenvalue weighted by Gasteiger charge is 2.31. The predicted molar refractivity (Wildman–Crippen MR) is 116 cm³/mol. The highest BCUT2D eigenvalue weighted by Crippen LogP contribution is 2.44. The molecular formula is C24H31FN2S. The van der Waals surface area contributed by atoms with E-state index in [1.54, 1.807) is 23.9 Å². The summed E-state index contributed by atoms with van der Waals surface area (Å²) in [5.74, 6) is 0.368.